The van der Waals surface area contributed by atoms with Gasteiger partial charge in [-0.05, 0) is 31.9 Å². The maximum atomic E-state index is 13.5. The Labute approximate surface area is 118 Å². The van der Waals surface area contributed by atoms with Crippen molar-refractivity contribution in [2.45, 2.75) is 39.9 Å². The highest BCUT2D eigenvalue weighted by atomic mass is 32.2. The predicted octanol–water partition coefficient (Wildman–Crippen LogP) is 3.90. The van der Waals surface area contributed by atoms with Crippen LogP contribution in [0.5, 0.6) is 0 Å². The molecule has 0 aliphatic carbocycles. The van der Waals surface area contributed by atoms with Crippen LogP contribution < -0.4 is 0 Å². The molecule has 1 aromatic carbocycles. The number of nitrogens with zero attached hydrogens (tertiary/aromatic N) is 1. The number of rotatable bonds is 5. The Hall–Kier alpha value is -0.870. The molecule has 2 nitrogen and oxygen atoms in total. The minimum Gasteiger partial charge on any atom is -0.591 e. The summed E-state index contributed by atoms with van der Waals surface area (Å²) in [6.07, 6.45) is 1.38. The van der Waals surface area contributed by atoms with Crippen molar-refractivity contribution >= 4 is 17.6 Å². The second kappa shape index (κ2) is 7.06. The summed E-state index contributed by atoms with van der Waals surface area (Å²) in [6, 6.07) is 4.81. The molecular weight excluding hydrogens is 261 g/mol. The lowest BCUT2D eigenvalue weighted by Crippen LogP contribution is -2.27. The molecule has 0 spiro atoms. The highest BCUT2D eigenvalue weighted by Gasteiger charge is 2.26. The van der Waals surface area contributed by atoms with Gasteiger partial charge in [-0.25, -0.2) is 4.39 Å². The van der Waals surface area contributed by atoms with E-state index in [-0.39, 0.29) is 11.1 Å². The van der Waals surface area contributed by atoms with Crippen molar-refractivity contribution in [3.05, 3.63) is 35.1 Å². The lowest BCUT2D eigenvalue weighted by molar-refractivity contribution is 0.403. The maximum Gasteiger partial charge on any atom is 0.143 e. The van der Waals surface area contributed by atoms with E-state index in [4.69, 9.17) is 0 Å². The Morgan fingerprint density at radius 2 is 1.89 bits per heavy atom. The number of hydrogen-bond acceptors (Lipinski definition) is 2. The van der Waals surface area contributed by atoms with Crippen molar-refractivity contribution in [2.75, 3.05) is 0 Å². The molecule has 0 bridgehead atoms. The fourth-order valence-corrected chi connectivity index (χ4v) is 2.78. The van der Waals surface area contributed by atoms with Gasteiger partial charge in [-0.1, -0.05) is 36.8 Å². The molecule has 1 aromatic rings. The molecule has 1 unspecified atom stereocenters. The summed E-state index contributed by atoms with van der Waals surface area (Å²) in [5.41, 5.74) is 1.34. The van der Waals surface area contributed by atoms with Crippen molar-refractivity contribution in [3.8, 4) is 0 Å². The number of benzene rings is 1. The third kappa shape index (κ3) is 4.62. The van der Waals surface area contributed by atoms with E-state index in [2.05, 4.69) is 25.2 Å². The van der Waals surface area contributed by atoms with Gasteiger partial charge in [0.25, 0.3) is 0 Å². The van der Waals surface area contributed by atoms with Crippen molar-refractivity contribution in [3.63, 3.8) is 0 Å². The second-order valence-electron chi connectivity index (χ2n) is 5.34. The Balaban J connectivity index is 2.78. The van der Waals surface area contributed by atoms with E-state index in [0.29, 0.717) is 17.4 Å². The van der Waals surface area contributed by atoms with Crippen LogP contribution in [0.15, 0.2) is 22.6 Å². The molecule has 3 atom stereocenters. The molecule has 0 aromatic heterocycles. The largest absolute Gasteiger partial charge is 0.591 e. The molecule has 0 aliphatic rings. The van der Waals surface area contributed by atoms with Crippen LogP contribution in [0.2, 0.25) is 0 Å². The van der Waals surface area contributed by atoms with Crippen LogP contribution in [0.4, 0.5) is 4.39 Å². The Bertz CT molecular complexity index is 448. The third-order valence-corrected chi connectivity index (χ3v) is 4.94. The first-order valence-corrected chi connectivity index (χ1v) is 7.70. The summed E-state index contributed by atoms with van der Waals surface area (Å²) in [7, 11) is 0. The van der Waals surface area contributed by atoms with Crippen LogP contribution in [0.3, 0.4) is 0 Å². The highest BCUT2D eigenvalue weighted by molar-refractivity contribution is 7.90. The molecule has 19 heavy (non-hydrogen) atoms. The standard InChI is InChI=1S/C15H22FNOS/c1-10(2)12(4)13(5)19(18)17-9-14-8-11(3)6-7-15(14)16/h6-10,12-13H,1-5H3/b17-9+/t12?,13-,19+/m0/s1. The normalized spacial score (nSPS) is 16.8. The quantitative estimate of drug-likeness (QED) is 0.596. The van der Waals surface area contributed by atoms with Crippen LogP contribution in [0, 0.1) is 24.6 Å². The van der Waals surface area contributed by atoms with Crippen LogP contribution in [-0.2, 0) is 11.4 Å². The Morgan fingerprint density at radius 1 is 1.26 bits per heavy atom. The van der Waals surface area contributed by atoms with Crippen molar-refractivity contribution < 1.29 is 8.94 Å². The van der Waals surface area contributed by atoms with Crippen LogP contribution >= 0.6 is 0 Å². The minimum atomic E-state index is -1.33. The molecule has 0 N–H and O–H groups in total. The van der Waals surface area contributed by atoms with E-state index < -0.39 is 11.4 Å². The average Bonchev–Trinajstić information content (AvgIpc) is 2.37. The summed E-state index contributed by atoms with van der Waals surface area (Å²) in [6.45, 7) is 10.1. The van der Waals surface area contributed by atoms with Crippen molar-refractivity contribution in [2.24, 2.45) is 16.2 Å². The number of aryl methyl sites for hydroxylation is 1. The maximum absolute atomic E-state index is 13.5. The summed E-state index contributed by atoms with van der Waals surface area (Å²) in [5, 5.41) is -0.0379. The highest BCUT2D eigenvalue weighted by Crippen LogP contribution is 2.21. The van der Waals surface area contributed by atoms with Gasteiger partial charge in [0.15, 0.2) is 0 Å². The molecule has 106 valence electrons. The average molecular weight is 283 g/mol. The molecular formula is C15H22FNOS. The van der Waals surface area contributed by atoms with Crippen molar-refractivity contribution in [1.82, 2.24) is 0 Å². The monoisotopic (exact) mass is 283 g/mol. The molecule has 0 amide bonds. The molecule has 0 aliphatic heterocycles. The van der Waals surface area contributed by atoms with Gasteiger partial charge in [-0.2, -0.15) is 0 Å². The molecule has 0 radical (unpaired) electrons. The van der Waals surface area contributed by atoms with Gasteiger partial charge in [-0.15, -0.1) is 0 Å². The van der Waals surface area contributed by atoms with E-state index in [9.17, 15) is 8.94 Å². The van der Waals surface area contributed by atoms with Gasteiger partial charge in [0.05, 0.1) is 17.6 Å². The third-order valence-electron chi connectivity index (χ3n) is 3.56. The number of hydrogen-bond donors (Lipinski definition) is 0. The van der Waals surface area contributed by atoms with Crippen molar-refractivity contribution in [1.29, 1.82) is 0 Å². The Kier molecular flexibility index (Phi) is 6.01. The number of halogens is 1. The fourth-order valence-electron chi connectivity index (χ4n) is 1.69. The summed E-state index contributed by atoms with van der Waals surface area (Å²) >= 11 is -1.33. The smallest absolute Gasteiger partial charge is 0.143 e. The summed E-state index contributed by atoms with van der Waals surface area (Å²) in [5.74, 6) is 0.418. The fraction of sp³-hybridized carbons (Fsp3) is 0.533. The Morgan fingerprint density at radius 3 is 2.47 bits per heavy atom. The lowest BCUT2D eigenvalue weighted by atomic mass is 9.95. The van der Waals surface area contributed by atoms with Gasteiger partial charge in [0.1, 0.15) is 11.1 Å². The van der Waals surface area contributed by atoms with Crippen LogP contribution in [0.1, 0.15) is 38.8 Å². The van der Waals surface area contributed by atoms with Gasteiger partial charge in [0, 0.05) is 11.5 Å². The SMILES string of the molecule is Cc1ccc(F)c(/C=N/[S@+]([O-])[C@@H](C)C(C)C(C)C)c1. The van der Waals surface area contributed by atoms with Crippen LogP contribution in [0.25, 0.3) is 0 Å². The molecule has 4 heteroatoms. The zero-order valence-corrected chi connectivity index (χ0v) is 13.0. The van der Waals surface area contributed by atoms with E-state index in [1.54, 1.807) is 12.1 Å². The summed E-state index contributed by atoms with van der Waals surface area (Å²) < 4.78 is 29.6. The first kappa shape index (κ1) is 16.2. The van der Waals surface area contributed by atoms with Gasteiger partial charge >= 0.3 is 0 Å². The van der Waals surface area contributed by atoms with E-state index >= 15 is 0 Å². The zero-order chi connectivity index (χ0) is 14.6. The van der Waals surface area contributed by atoms with E-state index in [0.717, 1.165) is 5.56 Å². The van der Waals surface area contributed by atoms with Gasteiger partial charge < -0.3 is 4.55 Å². The van der Waals surface area contributed by atoms with Gasteiger partial charge in [0.2, 0.25) is 0 Å². The van der Waals surface area contributed by atoms with Crippen LogP contribution in [-0.4, -0.2) is 16.0 Å². The first-order valence-electron chi connectivity index (χ1n) is 6.53. The zero-order valence-electron chi connectivity index (χ0n) is 12.2. The van der Waals surface area contributed by atoms with Gasteiger partial charge in [-0.3, -0.25) is 0 Å². The molecule has 0 saturated carbocycles. The topological polar surface area (TPSA) is 35.4 Å². The lowest BCUT2D eigenvalue weighted by Gasteiger charge is -2.22. The predicted molar refractivity (Wildman–Crippen MR) is 80.3 cm³/mol. The summed E-state index contributed by atoms with van der Waals surface area (Å²) in [4.78, 5) is 0. The van der Waals surface area contributed by atoms with E-state index in [1.807, 2.05) is 13.8 Å². The first-order chi connectivity index (χ1) is 8.82. The molecule has 0 heterocycles. The van der Waals surface area contributed by atoms with E-state index in [1.165, 1.54) is 12.3 Å². The molecule has 0 saturated heterocycles. The molecule has 0 fully saturated rings. The second-order valence-corrected chi connectivity index (χ2v) is 6.85. The minimum absolute atomic E-state index is 0.0379. The molecule has 1 rings (SSSR count).